The van der Waals surface area contributed by atoms with Gasteiger partial charge in [0.15, 0.2) is 0 Å². The molecule has 5 heteroatoms. The predicted molar refractivity (Wildman–Crippen MR) is 78.1 cm³/mol. The number of likely N-dealkylation sites (N-methyl/N-ethyl adjacent to an activating group) is 1. The molecule has 2 unspecified atom stereocenters. The Morgan fingerprint density at radius 3 is 2.90 bits per heavy atom. The number of hydrogen-bond donors (Lipinski definition) is 1. The molecule has 0 aliphatic carbocycles. The summed E-state index contributed by atoms with van der Waals surface area (Å²) in [5.74, 6) is 2.35. The second-order valence-electron chi connectivity index (χ2n) is 5.91. The summed E-state index contributed by atoms with van der Waals surface area (Å²) in [6.45, 7) is 6.84. The third-order valence-corrected chi connectivity index (χ3v) is 4.03. The number of likely N-dealkylation sites (tertiary alicyclic amines) is 1. The minimum Gasteiger partial charge on any atom is -0.464 e. The fourth-order valence-corrected chi connectivity index (χ4v) is 2.64. The van der Waals surface area contributed by atoms with Crippen molar-refractivity contribution < 1.29 is 9.21 Å². The number of rotatable bonds is 5. The highest BCUT2D eigenvalue weighted by Gasteiger charge is 2.27. The maximum Gasteiger partial charge on any atom is 0.236 e. The lowest BCUT2D eigenvalue weighted by molar-refractivity contribution is -0.131. The second kappa shape index (κ2) is 6.41. The summed E-state index contributed by atoms with van der Waals surface area (Å²) in [7, 11) is 1.82. The molecule has 1 saturated heterocycles. The topological polar surface area (TPSA) is 62.7 Å². The molecule has 0 saturated carbocycles. The van der Waals surface area contributed by atoms with Gasteiger partial charge >= 0.3 is 0 Å². The Labute approximate surface area is 120 Å². The molecular formula is C15H25N3O2. The Morgan fingerprint density at radius 2 is 2.35 bits per heavy atom. The summed E-state index contributed by atoms with van der Waals surface area (Å²) in [6.07, 6.45) is 1.09. The molecule has 1 aromatic rings. The van der Waals surface area contributed by atoms with E-state index in [0.717, 1.165) is 31.0 Å². The first-order chi connectivity index (χ1) is 9.45. The van der Waals surface area contributed by atoms with Crippen LogP contribution in [0.3, 0.4) is 0 Å². The lowest BCUT2D eigenvalue weighted by atomic mass is 10.0. The van der Waals surface area contributed by atoms with Gasteiger partial charge in [0.2, 0.25) is 5.91 Å². The number of hydrogen-bond acceptors (Lipinski definition) is 4. The van der Waals surface area contributed by atoms with Crippen LogP contribution in [0.15, 0.2) is 16.5 Å². The third-order valence-electron chi connectivity index (χ3n) is 4.03. The summed E-state index contributed by atoms with van der Waals surface area (Å²) >= 11 is 0. The first-order valence-electron chi connectivity index (χ1n) is 7.23. The molecule has 5 nitrogen and oxygen atoms in total. The number of amides is 1. The van der Waals surface area contributed by atoms with E-state index >= 15 is 0 Å². The SMILES string of the molecule is Cc1ccc(CN(C)C(=O)CN2CCC(C(C)N)C2)o1. The van der Waals surface area contributed by atoms with E-state index in [1.54, 1.807) is 4.90 Å². The number of carbonyl (C=O) groups is 1. The van der Waals surface area contributed by atoms with Crippen molar-refractivity contribution in [2.24, 2.45) is 11.7 Å². The van der Waals surface area contributed by atoms with Gasteiger partial charge in [0.05, 0.1) is 13.1 Å². The largest absolute Gasteiger partial charge is 0.464 e. The van der Waals surface area contributed by atoms with Crippen molar-refractivity contribution in [3.05, 3.63) is 23.7 Å². The molecule has 2 N–H and O–H groups in total. The first kappa shape index (κ1) is 15.1. The average molecular weight is 279 g/mol. The molecule has 112 valence electrons. The molecule has 2 rings (SSSR count). The fraction of sp³-hybridized carbons (Fsp3) is 0.667. The van der Waals surface area contributed by atoms with Gasteiger partial charge in [0, 0.05) is 19.6 Å². The van der Waals surface area contributed by atoms with Crippen LogP contribution >= 0.6 is 0 Å². The Kier molecular flexibility index (Phi) is 4.83. The summed E-state index contributed by atoms with van der Waals surface area (Å²) in [5, 5.41) is 0. The number of carbonyl (C=O) groups excluding carboxylic acids is 1. The van der Waals surface area contributed by atoms with Gasteiger partial charge in [-0.05, 0) is 44.9 Å². The summed E-state index contributed by atoms with van der Waals surface area (Å²) in [4.78, 5) is 16.1. The molecule has 1 aromatic heterocycles. The molecule has 0 bridgehead atoms. The summed E-state index contributed by atoms with van der Waals surface area (Å²) in [5.41, 5.74) is 5.92. The number of nitrogens with zero attached hydrogens (tertiary/aromatic N) is 2. The van der Waals surface area contributed by atoms with Crippen LogP contribution in [-0.4, -0.2) is 48.4 Å². The van der Waals surface area contributed by atoms with Gasteiger partial charge in [0.1, 0.15) is 11.5 Å². The highest BCUT2D eigenvalue weighted by Crippen LogP contribution is 2.18. The molecule has 1 aliphatic rings. The monoisotopic (exact) mass is 279 g/mol. The molecule has 0 spiro atoms. The molecule has 20 heavy (non-hydrogen) atoms. The van der Waals surface area contributed by atoms with Gasteiger partial charge in [-0.3, -0.25) is 9.69 Å². The van der Waals surface area contributed by atoms with E-state index in [9.17, 15) is 4.79 Å². The van der Waals surface area contributed by atoms with Gasteiger partial charge in [-0.15, -0.1) is 0 Å². The lowest BCUT2D eigenvalue weighted by Crippen LogP contribution is -2.38. The Hall–Kier alpha value is -1.33. The normalized spacial score (nSPS) is 21.1. The zero-order valence-corrected chi connectivity index (χ0v) is 12.6. The molecule has 0 radical (unpaired) electrons. The highest BCUT2D eigenvalue weighted by atomic mass is 16.3. The molecule has 1 fully saturated rings. The van der Waals surface area contributed by atoms with Crippen molar-refractivity contribution >= 4 is 5.91 Å². The van der Waals surface area contributed by atoms with E-state index in [1.807, 2.05) is 33.0 Å². The van der Waals surface area contributed by atoms with Crippen LogP contribution in [0.4, 0.5) is 0 Å². The average Bonchev–Trinajstić information content (AvgIpc) is 2.98. The zero-order chi connectivity index (χ0) is 14.7. The Morgan fingerprint density at radius 1 is 1.60 bits per heavy atom. The van der Waals surface area contributed by atoms with Crippen molar-refractivity contribution in [1.82, 2.24) is 9.80 Å². The molecule has 1 amide bonds. The van der Waals surface area contributed by atoms with Gasteiger partial charge in [-0.25, -0.2) is 0 Å². The minimum absolute atomic E-state index is 0.129. The van der Waals surface area contributed by atoms with Crippen LogP contribution < -0.4 is 5.73 Å². The van der Waals surface area contributed by atoms with Crippen molar-refractivity contribution in [1.29, 1.82) is 0 Å². The quantitative estimate of drug-likeness (QED) is 0.880. The maximum atomic E-state index is 12.2. The van der Waals surface area contributed by atoms with Crippen molar-refractivity contribution in [3.63, 3.8) is 0 Å². The smallest absolute Gasteiger partial charge is 0.236 e. The number of aryl methyl sites for hydroxylation is 1. The Balaban J connectivity index is 1.80. The van der Waals surface area contributed by atoms with Gasteiger partial charge in [-0.1, -0.05) is 0 Å². The van der Waals surface area contributed by atoms with Crippen LogP contribution in [-0.2, 0) is 11.3 Å². The minimum atomic E-state index is 0.129. The second-order valence-corrected chi connectivity index (χ2v) is 5.91. The molecule has 2 atom stereocenters. The summed E-state index contributed by atoms with van der Waals surface area (Å²) in [6, 6.07) is 4.04. The van der Waals surface area contributed by atoms with Gasteiger partial charge in [-0.2, -0.15) is 0 Å². The van der Waals surface area contributed by atoms with Crippen LogP contribution in [0, 0.1) is 12.8 Å². The lowest BCUT2D eigenvalue weighted by Gasteiger charge is -2.21. The van der Waals surface area contributed by atoms with Gasteiger partial charge < -0.3 is 15.1 Å². The Bertz CT molecular complexity index is 456. The van der Waals surface area contributed by atoms with Crippen LogP contribution in [0.5, 0.6) is 0 Å². The van der Waals surface area contributed by atoms with E-state index in [1.165, 1.54) is 0 Å². The zero-order valence-electron chi connectivity index (χ0n) is 12.6. The predicted octanol–water partition coefficient (Wildman–Crippen LogP) is 1.22. The molecule has 1 aliphatic heterocycles. The fourth-order valence-electron chi connectivity index (χ4n) is 2.64. The van der Waals surface area contributed by atoms with Crippen molar-refractivity contribution in [2.75, 3.05) is 26.7 Å². The van der Waals surface area contributed by atoms with E-state index in [2.05, 4.69) is 4.90 Å². The third kappa shape index (κ3) is 3.84. The highest BCUT2D eigenvalue weighted by molar-refractivity contribution is 5.77. The maximum absolute atomic E-state index is 12.2. The van der Waals surface area contributed by atoms with Gasteiger partial charge in [0.25, 0.3) is 0 Å². The molecular weight excluding hydrogens is 254 g/mol. The first-order valence-corrected chi connectivity index (χ1v) is 7.23. The number of furan rings is 1. The van der Waals surface area contributed by atoms with Crippen LogP contribution in [0.25, 0.3) is 0 Å². The number of nitrogens with two attached hydrogens (primary N) is 1. The van der Waals surface area contributed by atoms with Crippen molar-refractivity contribution in [3.8, 4) is 0 Å². The summed E-state index contributed by atoms with van der Waals surface area (Å²) < 4.78 is 5.50. The van der Waals surface area contributed by atoms with Crippen molar-refractivity contribution in [2.45, 2.75) is 32.9 Å². The van der Waals surface area contributed by atoms with Crippen LogP contribution in [0.1, 0.15) is 24.9 Å². The molecule has 0 aromatic carbocycles. The van der Waals surface area contributed by atoms with E-state index < -0.39 is 0 Å². The van der Waals surface area contributed by atoms with Crippen LogP contribution in [0.2, 0.25) is 0 Å². The van der Waals surface area contributed by atoms with E-state index in [0.29, 0.717) is 19.0 Å². The molecule has 2 heterocycles. The standard InChI is InChI=1S/C15H25N3O2/c1-11-4-5-14(20-11)9-17(3)15(19)10-18-7-6-13(8-18)12(2)16/h4-5,12-13H,6-10,16H2,1-3H3. The van der Waals surface area contributed by atoms with E-state index in [4.69, 9.17) is 10.2 Å². The van der Waals surface area contributed by atoms with E-state index in [-0.39, 0.29) is 11.9 Å².